The Kier molecular flexibility index (Phi) is 60.5. The minimum atomic E-state index is -0.832. The van der Waals surface area contributed by atoms with Crippen molar-refractivity contribution >= 4 is 17.9 Å². The molecule has 0 rings (SSSR count). The van der Waals surface area contributed by atoms with Gasteiger partial charge in [0.05, 0.1) is 0 Å². The van der Waals surface area contributed by atoms with E-state index in [9.17, 15) is 14.4 Å². The molecule has 79 heavy (non-hydrogen) atoms. The number of esters is 3. The Morgan fingerprint density at radius 2 is 0.506 bits per heavy atom. The van der Waals surface area contributed by atoms with Crippen molar-refractivity contribution in [1.82, 2.24) is 0 Å². The molecule has 0 fully saturated rings. The van der Waals surface area contributed by atoms with E-state index in [1.165, 1.54) is 25.7 Å². The molecule has 0 heterocycles. The standard InChI is InChI=1S/C73H112O6/c1-4-7-10-13-16-19-22-24-26-28-30-32-34-35-36-37-39-40-42-44-46-48-51-54-57-60-63-66-72(75)78-69-70(68-77-71(74)65-62-59-56-53-50-21-18-15-12-9-6-3)79-73(76)67-64-61-58-55-52-49-47-45-43-41-38-33-31-29-27-25-23-20-17-14-11-8-5-2/h7-8,10-11,15-20,24-27,30-33,35-36,39-41,43-44,46-47,49,55,58,70H,4-6,9,12-14,21-23,28-29,34,37-38,42,45,48,50-54,56-57,59-69H2,1-3H3/b10-7-,11-8-,18-15-,19-16-,20-17-,26-24-,27-25-,32-30-,33-31-,36-35-,40-39-,43-41-,46-44-,49-47-,58-55-. The van der Waals surface area contributed by atoms with E-state index in [2.05, 4.69) is 203 Å². The van der Waals surface area contributed by atoms with Crippen LogP contribution in [0.5, 0.6) is 0 Å². The summed E-state index contributed by atoms with van der Waals surface area (Å²) in [7, 11) is 0. The van der Waals surface area contributed by atoms with Crippen molar-refractivity contribution in [3.63, 3.8) is 0 Å². The number of ether oxygens (including phenoxy) is 3. The number of carbonyl (C=O) groups excluding carboxylic acids is 3. The lowest BCUT2D eigenvalue weighted by atomic mass is 10.1. The first-order valence-corrected chi connectivity index (χ1v) is 31.3. The molecule has 0 saturated heterocycles. The van der Waals surface area contributed by atoms with Gasteiger partial charge in [-0.1, -0.05) is 254 Å². The van der Waals surface area contributed by atoms with Crippen LogP contribution in [0, 0.1) is 0 Å². The molecule has 0 aromatic heterocycles. The van der Waals surface area contributed by atoms with Crippen molar-refractivity contribution in [2.45, 2.75) is 245 Å². The first-order chi connectivity index (χ1) is 39.0. The molecule has 0 N–H and O–H groups in total. The molecule has 0 aliphatic heterocycles. The minimum Gasteiger partial charge on any atom is -0.462 e. The summed E-state index contributed by atoms with van der Waals surface area (Å²) in [5.41, 5.74) is 0. The highest BCUT2D eigenvalue weighted by molar-refractivity contribution is 5.71. The lowest BCUT2D eigenvalue weighted by molar-refractivity contribution is -0.167. The fraction of sp³-hybridized carbons (Fsp3) is 0.548. The predicted octanol–water partition coefficient (Wildman–Crippen LogP) is 21.7. The van der Waals surface area contributed by atoms with Gasteiger partial charge in [0.1, 0.15) is 13.2 Å². The Morgan fingerprint density at radius 3 is 0.823 bits per heavy atom. The molecule has 1 unspecified atom stereocenters. The van der Waals surface area contributed by atoms with Crippen molar-refractivity contribution in [3.8, 4) is 0 Å². The van der Waals surface area contributed by atoms with Crippen molar-refractivity contribution in [1.29, 1.82) is 0 Å². The quantitative estimate of drug-likeness (QED) is 0.0261. The molecule has 0 aliphatic rings. The monoisotopic (exact) mass is 1080 g/mol. The molecule has 0 aromatic rings. The summed E-state index contributed by atoms with van der Waals surface area (Å²) in [6.45, 7) is 6.28. The van der Waals surface area contributed by atoms with Crippen molar-refractivity contribution in [3.05, 3.63) is 182 Å². The Morgan fingerprint density at radius 1 is 0.266 bits per heavy atom. The van der Waals surface area contributed by atoms with Crippen LogP contribution < -0.4 is 0 Å². The highest BCUT2D eigenvalue weighted by Crippen LogP contribution is 2.12. The summed E-state index contributed by atoms with van der Waals surface area (Å²) in [5, 5.41) is 0. The average Bonchev–Trinajstić information content (AvgIpc) is 3.45. The summed E-state index contributed by atoms with van der Waals surface area (Å²) in [4.78, 5) is 38.2. The van der Waals surface area contributed by atoms with E-state index in [0.717, 1.165) is 167 Å². The van der Waals surface area contributed by atoms with Gasteiger partial charge in [-0.05, 0) is 148 Å². The third-order valence-corrected chi connectivity index (χ3v) is 12.4. The highest BCUT2D eigenvalue weighted by Gasteiger charge is 2.19. The van der Waals surface area contributed by atoms with Gasteiger partial charge < -0.3 is 14.2 Å². The smallest absolute Gasteiger partial charge is 0.306 e. The summed E-state index contributed by atoms with van der Waals surface area (Å²) in [6.07, 6.45) is 97.6. The Balaban J connectivity index is 4.49. The third-order valence-electron chi connectivity index (χ3n) is 12.4. The van der Waals surface area contributed by atoms with E-state index in [0.29, 0.717) is 19.3 Å². The van der Waals surface area contributed by atoms with Gasteiger partial charge in [0.2, 0.25) is 0 Å². The fourth-order valence-corrected chi connectivity index (χ4v) is 7.74. The van der Waals surface area contributed by atoms with E-state index in [-0.39, 0.29) is 37.5 Å². The van der Waals surface area contributed by atoms with Gasteiger partial charge in [-0.25, -0.2) is 0 Å². The highest BCUT2D eigenvalue weighted by atomic mass is 16.6. The second-order valence-corrected chi connectivity index (χ2v) is 19.8. The second kappa shape index (κ2) is 65.0. The molecule has 1 atom stereocenters. The molecular weight excluding hydrogens is 973 g/mol. The summed E-state index contributed by atoms with van der Waals surface area (Å²) in [6, 6.07) is 0. The molecule has 0 amide bonds. The summed E-state index contributed by atoms with van der Waals surface area (Å²) >= 11 is 0. The Labute approximate surface area is 484 Å². The third kappa shape index (κ3) is 63.2. The fourth-order valence-electron chi connectivity index (χ4n) is 7.74. The number of hydrogen-bond donors (Lipinski definition) is 0. The van der Waals surface area contributed by atoms with Crippen LogP contribution in [0.4, 0.5) is 0 Å². The van der Waals surface area contributed by atoms with E-state index >= 15 is 0 Å². The first kappa shape index (κ1) is 73.5. The Bertz CT molecular complexity index is 1870. The zero-order chi connectivity index (χ0) is 57.1. The largest absolute Gasteiger partial charge is 0.462 e. The van der Waals surface area contributed by atoms with Gasteiger partial charge in [0.25, 0.3) is 0 Å². The zero-order valence-electron chi connectivity index (χ0n) is 50.3. The topological polar surface area (TPSA) is 78.9 Å². The van der Waals surface area contributed by atoms with Gasteiger partial charge >= 0.3 is 17.9 Å². The van der Waals surface area contributed by atoms with Crippen LogP contribution in [-0.2, 0) is 28.6 Å². The van der Waals surface area contributed by atoms with Gasteiger partial charge in [0.15, 0.2) is 6.10 Å². The van der Waals surface area contributed by atoms with E-state index in [4.69, 9.17) is 14.2 Å². The van der Waals surface area contributed by atoms with Crippen LogP contribution in [0.2, 0.25) is 0 Å². The molecule has 6 nitrogen and oxygen atoms in total. The Hall–Kier alpha value is -5.49. The minimum absolute atomic E-state index is 0.121. The van der Waals surface area contributed by atoms with Crippen molar-refractivity contribution < 1.29 is 28.6 Å². The number of allylic oxidation sites excluding steroid dienone is 30. The number of rotatable bonds is 54. The van der Waals surface area contributed by atoms with Crippen molar-refractivity contribution in [2.75, 3.05) is 13.2 Å². The van der Waals surface area contributed by atoms with E-state index in [1.807, 2.05) is 0 Å². The maximum Gasteiger partial charge on any atom is 0.306 e. The lowest BCUT2D eigenvalue weighted by Crippen LogP contribution is -2.30. The molecular formula is C73H112O6. The molecule has 0 radical (unpaired) electrons. The van der Waals surface area contributed by atoms with Crippen LogP contribution in [0.1, 0.15) is 239 Å². The van der Waals surface area contributed by atoms with E-state index in [1.54, 1.807) is 0 Å². The lowest BCUT2D eigenvalue weighted by Gasteiger charge is -2.18. The van der Waals surface area contributed by atoms with Crippen LogP contribution >= 0.6 is 0 Å². The zero-order valence-corrected chi connectivity index (χ0v) is 50.3. The maximum absolute atomic E-state index is 12.9. The molecule has 0 aromatic carbocycles. The summed E-state index contributed by atoms with van der Waals surface area (Å²) in [5.74, 6) is -1.02. The molecule has 0 bridgehead atoms. The normalized spacial score (nSPS) is 13.4. The van der Waals surface area contributed by atoms with E-state index < -0.39 is 6.10 Å². The van der Waals surface area contributed by atoms with Gasteiger partial charge in [-0.2, -0.15) is 0 Å². The molecule has 0 spiro atoms. The van der Waals surface area contributed by atoms with Gasteiger partial charge in [0, 0.05) is 19.3 Å². The number of unbranched alkanes of at least 4 members (excludes halogenated alkanes) is 13. The SMILES string of the molecule is CC/C=C\C/C=C\C/C=C\C/C=C\C/C=C\C/C=C\C/C=C\CCCCCCCC(=O)OCC(COC(=O)CCCCCCC/C=C\CCCC)OC(=O)CCC/C=C\C/C=C\C/C=C\C/C=C\C/C=C\C/C=C\C/C=C\CC. The summed E-state index contributed by atoms with van der Waals surface area (Å²) < 4.78 is 16.8. The second-order valence-electron chi connectivity index (χ2n) is 19.8. The molecule has 0 saturated carbocycles. The molecule has 6 heteroatoms. The van der Waals surface area contributed by atoms with Crippen LogP contribution in [-0.4, -0.2) is 37.2 Å². The van der Waals surface area contributed by atoms with Crippen LogP contribution in [0.3, 0.4) is 0 Å². The van der Waals surface area contributed by atoms with Gasteiger partial charge in [-0.15, -0.1) is 0 Å². The average molecular weight is 1090 g/mol. The van der Waals surface area contributed by atoms with Gasteiger partial charge in [-0.3, -0.25) is 14.4 Å². The number of hydrogen-bond acceptors (Lipinski definition) is 6. The predicted molar refractivity (Wildman–Crippen MR) is 343 cm³/mol. The van der Waals surface area contributed by atoms with Crippen LogP contribution in [0.25, 0.3) is 0 Å². The molecule has 0 aliphatic carbocycles. The number of carbonyl (C=O) groups is 3. The van der Waals surface area contributed by atoms with Crippen molar-refractivity contribution in [2.24, 2.45) is 0 Å². The molecule has 440 valence electrons. The first-order valence-electron chi connectivity index (χ1n) is 31.3. The van der Waals surface area contributed by atoms with Crippen LogP contribution in [0.15, 0.2) is 182 Å². The maximum atomic E-state index is 12.9.